The van der Waals surface area contributed by atoms with Gasteiger partial charge in [-0.2, -0.15) is 9.47 Å². The van der Waals surface area contributed by atoms with Gasteiger partial charge >= 0.3 is 0 Å². The summed E-state index contributed by atoms with van der Waals surface area (Å²) in [6.07, 6.45) is 2.01. The van der Waals surface area contributed by atoms with Crippen LogP contribution in [0.15, 0.2) is 0 Å². The average molecular weight is 333 g/mol. The van der Waals surface area contributed by atoms with E-state index < -0.39 is 0 Å². The number of carbonyl (C=O) groups is 1. The second kappa shape index (κ2) is 5.96. The maximum absolute atomic E-state index is 13.1. The molecule has 0 spiro atoms. The molecule has 0 unspecified atom stereocenters. The van der Waals surface area contributed by atoms with Crippen LogP contribution in [0.2, 0.25) is 0 Å². The average Bonchev–Trinajstić information content (AvgIpc) is 3.18. The molecule has 0 bridgehead atoms. The first-order chi connectivity index (χ1) is 11.0. The van der Waals surface area contributed by atoms with Crippen LogP contribution in [-0.2, 0) is 7.05 Å². The molecular weight excluding hydrogens is 310 g/mol. The molecule has 2 aromatic heterocycles. The molecule has 2 aromatic rings. The van der Waals surface area contributed by atoms with E-state index in [2.05, 4.69) is 21.7 Å². The standard InChI is InChI=1S/C16H23N5OS/c1-9-13(11(3)20(5)18-9)12-7-6-8-21(12)16(22)14-10(2)19-23-15(14)17-4/h12,17H,6-8H2,1-5H3/t12-/m1/s1. The monoisotopic (exact) mass is 333 g/mol. The minimum Gasteiger partial charge on any atom is -0.378 e. The Bertz CT molecular complexity index is 748. The minimum absolute atomic E-state index is 0.0748. The molecular formula is C16H23N5OS. The normalized spacial score (nSPS) is 17.8. The van der Waals surface area contributed by atoms with Crippen LogP contribution in [0.3, 0.4) is 0 Å². The highest BCUT2D eigenvalue weighted by Gasteiger charge is 2.35. The zero-order valence-electron chi connectivity index (χ0n) is 14.3. The van der Waals surface area contributed by atoms with Crippen molar-refractivity contribution in [3.63, 3.8) is 0 Å². The van der Waals surface area contributed by atoms with Crippen LogP contribution in [0.5, 0.6) is 0 Å². The Morgan fingerprint density at radius 2 is 2.04 bits per heavy atom. The van der Waals surface area contributed by atoms with Gasteiger partial charge in [-0.15, -0.1) is 0 Å². The third-order valence-electron chi connectivity index (χ3n) is 4.72. The summed E-state index contributed by atoms with van der Waals surface area (Å²) in [4.78, 5) is 15.1. The van der Waals surface area contributed by atoms with Gasteiger partial charge in [0.15, 0.2) is 0 Å². The topological polar surface area (TPSA) is 63.1 Å². The SMILES string of the molecule is CNc1snc(C)c1C(=O)N1CCC[C@@H]1c1c(C)nn(C)c1C. The number of carbonyl (C=O) groups excluding carboxylic acids is 1. The van der Waals surface area contributed by atoms with Gasteiger partial charge in [-0.1, -0.05) is 0 Å². The summed E-state index contributed by atoms with van der Waals surface area (Å²) in [5.74, 6) is 0.0748. The second-order valence-corrected chi connectivity index (χ2v) is 6.86. The summed E-state index contributed by atoms with van der Waals surface area (Å²) in [7, 11) is 3.79. The van der Waals surface area contributed by atoms with Gasteiger partial charge in [-0.3, -0.25) is 9.48 Å². The van der Waals surface area contributed by atoms with Gasteiger partial charge in [0, 0.05) is 31.9 Å². The zero-order chi connectivity index (χ0) is 16.7. The lowest BCUT2D eigenvalue weighted by Crippen LogP contribution is -2.31. The van der Waals surface area contributed by atoms with Crippen LogP contribution >= 0.6 is 11.5 Å². The van der Waals surface area contributed by atoms with E-state index in [1.165, 1.54) is 17.1 Å². The van der Waals surface area contributed by atoms with E-state index in [1.807, 2.05) is 37.5 Å². The molecule has 124 valence electrons. The molecule has 3 heterocycles. The third kappa shape index (κ3) is 2.52. The molecule has 23 heavy (non-hydrogen) atoms. The van der Waals surface area contributed by atoms with Crippen LogP contribution in [0.25, 0.3) is 0 Å². The Hall–Kier alpha value is -1.89. The van der Waals surface area contributed by atoms with Crippen molar-refractivity contribution in [2.24, 2.45) is 7.05 Å². The van der Waals surface area contributed by atoms with Crippen LogP contribution in [0.1, 0.15) is 51.9 Å². The quantitative estimate of drug-likeness (QED) is 0.938. The number of nitrogens with zero attached hydrogens (tertiary/aromatic N) is 4. The number of likely N-dealkylation sites (tertiary alicyclic amines) is 1. The first-order valence-corrected chi connectivity index (χ1v) is 8.68. The largest absolute Gasteiger partial charge is 0.378 e. The fourth-order valence-electron chi connectivity index (χ4n) is 3.52. The van der Waals surface area contributed by atoms with E-state index in [0.29, 0.717) is 5.56 Å². The van der Waals surface area contributed by atoms with Gasteiger partial charge in [-0.25, -0.2) is 0 Å². The lowest BCUT2D eigenvalue weighted by atomic mass is 10.0. The van der Waals surface area contributed by atoms with Gasteiger partial charge in [0.25, 0.3) is 5.91 Å². The van der Waals surface area contributed by atoms with E-state index in [1.54, 1.807) is 0 Å². The third-order valence-corrected chi connectivity index (χ3v) is 5.67. The lowest BCUT2D eigenvalue weighted by molar-refractivity contribution is 0.0735. The summed E-state index contributed by atoms with van der Waals surface area (Å²) in [5.41, 5.74) is 4.87. The highest BCUT2D eigenvalue weighted by Crippen LogP contribution is 2.38. The maximum atomic E-state index is 13.1. The molecule has 1 aliphatic rings. The van der Waals surface area contributed by atoms with Crippen LogP contribution in [-0.4, -0.2) is 38.6 Å². The molecule has 7 heteroatoms. The smallest absolute Gasteiger partial charge is 0.259 e. The molecule has 6 nitrogen and oxygen atoms in total. The summed E-state index contributed by atoms with van der Waals surface area (Å²) in [6.45, 7) is 6.79. The summed E-state index contributed by atoms with van der Waals surface area (Å²) >= 11 is 1.35. The molecule has 0 aromatic carbocycles. The molecule has 1 fully saturated rings. The van der Waals surface area contributed by atoms with Crippen molar-refractivity contribution in [1.29, 1.82) is 0 Å². The van der Waals surface area contributed by atoms with Crippen molar-refractivity contribution in [1.82, 2.24) is 19.1 Å². The van der Waals surface area contributed by atoms with Crippen LogP contribution in [0.4, 0.5) is 5.00 Å². The Morgan fingerprint density at radius 1 is 1.30 bits per heavy atom. The van der Waals surface area contributed by atoms with Gasteiger partial charge in [0.05, 0.1) is 23.0 Å². The summed E-state index contributed by atoms with van der Waals surface area (Å²) in [6, 6.07) is 0.111. The molecule has 1 atom stereocenters. The Labute approximate surface area is 140 Å². The van der Waals surface area contributed by atoms with Crippen molar-refractivity contribution in [2.75, 3.05) is 18.9 Å². The number of hydrogen-bond acceptors (Lipinski definition) is 5. The highest BCUT2D eigenvalue weighted by molar-refractivity contribution is 7.10. The Kier molecular flexibility index (Phi) is 4.14. The van der Waals surface area contributed by atoms with Crippen molar-refractivity contribution in [2.45, 2.75) is 39.7 Å². The maximum Gasteiger partial charge on any atom is 0.259 e. The fourth-order valence-corrected chi connectivity index (χ4v) is 4.26. The van der Waals surface area contributed by atoms with E-state index in [9.17, 15) is 4.79 Å². The minimum atomic E-state index is 0.0748. The Morgan fingerprint density at radius 3 is 2.65 bits per heavy atom. The summed E-state index contributed by atoms with van der Waals surface area (Å²) in [5, 5.41) is 8.46. The molecule has 0 radical (unpaired) electrons. The fraction of sp³-hybridized carbons (Fsp3) is 0.562. The molecule has 3 rings (SSSR count). The van der Waals surface area contributed by atoms with Crippen LogP contribution in [0, 0.1) is 20.8 Å². The second-order valence-electron chi connectivity index (χ2n) is 6.09. The number of nitrogens with one attached hydrogen (secondary N) is 1. The molecule has 1 saturated heterocycles. The Balaban J connectivity index is 1.99. The molecule has 1 N–H and O–H groups in total. The highest BCUT2D eigenvalue weighted by atomic mass is 32.1. The van der Waals surface area contributed by atoms with Gasteiger partial charge in [0.1, 0.15) is 5.00 Å². The first kappa shape index (κ1) is 16.0. The molecule has 1 aliphatic heterocycles. The van der Waals surface area contributed by atoms with E-state index in [0.717, 1.165) is 41.5 Å². The number of aromatic nitrogens is 3. The molecule has 1 amide bonds. The number of amides is 1. The lowest BCUT2D eigenvalue weighted by Gasteiger charge is -2.25. The zero-order valence-corrected chi connectivity index (χ0v) is 15.1. The van der Waals surface area contributed by atoms with Crippen molar-refractivity contribution >= 4 is 22.4 Å². The number of anilines is 1. The van der Waals surface area contributed by atoms with Crippen molar-refractivity contribution in [3.8, 4) is 0 Å². The van der Waals surface area contributed by atoms with E-state index in [-0.39, 0.29) is 11.9 Å². The van der Waals surface area contributed by atoms with E-state index in [4.69, 9.17) is 0 Å². The summed E-state index contributed by atoms with van der Waals surface area (Å²) < 4.78 is 6.24. The molecule has 0 aliphatic carbocycles. The molecule has 0 saturated carbocycles. The van der Waals surface area contributed by atoms with Gasteiger partial charge in [0.2, 0.25) is 0 Å². The van der Waals surface area contributed by atoms with E-state index >= 15 is 0 Å². The first-order valence-electron chi connectivity index (χ1n) is 7.90. The number of hydrogen-bond donors (Lipinski definition) is 1. The van der Waals surface area contributed by atoms with Gasteiger partial charge in [-0.05, 0) is 45.1 Å². The van der Waals surface area contributed by atoms with Crippen molar-refractivity contribution in [3.05, 3.63) is 28.2 Å². The predicted molar refractivity (Wildman–Crippen MR) is 92.1 cm³/mol. The van der Waals surface area contributed by atoms with Gasteiger partial charge < -0.3 is 10.2 Å². The predicted octanol–water partition coefficient (Wildman–Crippen LogP) is 2.82. The number of aryl methyl sites for hydroxylation is 3. The van der Waals surface area contributed by atoms with Crippen molar-refractivity contribution < 1.29 is 4.79 Å². The van der Waals surface area contributed by atoms with Crippen LogP contribution < -0.4 is 5.32 Å². The number of rotatable bonds is 3.